The summed E-state index contributed by atoms with van der Waals surface area (Å²) < 4.78 is 0. The molecule has 1 fully saturated rings. The highest BCUT2D eigenvalue weighted by atomic mass is 32.2. The van der Waals surface area contributed by atoms with Gasteiger partial charge in [0.15, 0.2) is 0 Å². The van der Waals surface area contributed by atoms with Crippen molar-refractivity contribution in [2.24, 2.45) is 5.92 Å². The van der Waals surface area contributed by atoms with Crippen LogP contribution in [0.25, 0.3) is 0 Å². The van der Waals surface area contributed by atoms with Gasteiger partial charge < -0.3 is 10.6 Å². The van der Waals surface area contributed by atoms with Gasteiger partial charge in [-0.25, -0.2) is 0 Å². The van der Waals surface area contributed by atoms with Crippen LogP contribution in [-0.2, 0) is 14.4 Å². The van der Waals surface area contributed by atoms with Gasteiger partial charge in [0, 0.05) is 24.6 Å². The van der Waals surface area contributed by atoms with Crippen LogP contribution >= 0.6 is 23.5 Å². The molecule has 1 aliphatic rings. The highest BCUT2D eigenvalue weighted by molar-refractivity contribution is 8.16. The van der Waals surface area contributed by atoms with E-state index >= 15 is 0 Å². The molecule has 7 heteroatoms. The van der Waals surface area contributed by atoms with Crippen molar-refractivity contribution in [3.63, 3.8) is 0 Å². The summed E-state index contributed by atoms with van der Waals surface area (Å²) in [5.41, 5.74) is 0. The summed E-state index contributed by atoms with van der Waals surface area (Å²) in [6, 6.07) is 0. The average Bonchev–Trinajstić information content (AvgIpc) is 2.36. The van der Waals surface area contributed by atoms with Crippen molar-refractivity contribution in [1.29, 1.82) is 0 Å². The largest absolute Gasteiger partial charge is 0.355 e. The van der Waals surface area contributed by atoms with Gasteiger partial charge in [-0.1, -0.05) is 6.92 Å². The monoisotopic (exact) mass is 290 g/mol. The van der Waals surface area contributed by atoms with Crippen LogP contribution < -0.4 is 10.6 Å². The van der Waals surface area contributed by atoms with Crippen molar-refractivity contribution in [3.05, 3.63) is 0 Å². The quantitative estimate of drug-likeness (QED) is 0.762. The normalized spacial score (nSPS) is 20.3. The van der Waals surface area contributed by atoms with Crippen molar-refractivity contribution < 1.29 is 14.4 Å². The molecule has 0 aromatic carbocycles. The maximum atomic E-state index is 11.7. The van der Waals surface area contributed by atoms with Crippen LogP contribution in [0.5, 0.6) is 0 Å². The number of rotatable bonds is 2. The zero-order valence-corrected chi connectivity index (χ0v) is 12.0. The molecule has 2 N–H and O–H groups in total. The summed E-state index contributed by atoms with van der Waals surface area (Å²) in [6.45, 7) is 2.40. The Morgan fingerprint density at radius 2 is 1.67 bits per heavy atom. The summed E-state index contributed by atoms with van der Waals surface area (Å²) in [5.74, 6) is 0.386. The number of hydrogen-bond acceptors (Lipinski definition) is 5. The molecule has 1 aliphatic heterocycles. The maximum Gasteiger partial charge on any atom is 0.230 e. The van der Waals surface area contributed by atoms with Crippen molar-refractivity contribution in [1.82, 2.24) is 10.6 Å². The molecule has 102 valence electrons. The Balaban J connectivity index is 2.57. The van der Waals surface area contributed by atoms with Gasteiger partial charge in [0.2, 0.25) is 11.8 Å². The van der Waals surface area contributed by atoms with Gasteiger partial charge >= 0.3 is 0 Å². The first-order valence-electron chi connectivity index (χ1n) is 5.85. The number of ketones is 1. The van der Waals surface area contributed by atoms with Gasteiger partial charge in [-0.2, -0.15) is 0 Å². The standard InChI is InChI=1S/C11H18N2O3S2/c1-2-9(14)8-3-12-10(15)5-17-7-18-6-11(16)13-4-8/h8H,2-7H2,1H3,(H,12,15)(H,13,16). The van der Waals surface area contributed by atoms with Crippen LogP contribution in [0.15, 0.2) is 0 Å². The average molecular weight is 290 g/mol. The van der Waals surface area contributed by atoms with Crippen molar-refractivity contribution >= 4 is 41.1 Å². The summed E-state index contributed by atoms with van der Waals surface area (Å²) in [5, 5.41) is 6.20. The third kappa shape index (κ3) is 5.77. The Labute approximate surface area is 115 Å². The molecule has 0 bridgehead atoms. The fraction of sp³-hybridized carbons (Fsp3) is 0.727. The highest BCUT2D eigenvalue weighted by Crippen LogP contribution is 2.12. The lowest BCUT2D eigenvalue weighted by molar-refractivity contribution is -0.123. The lowest BCUT2D eigenvalue weighted by Gasteiger charge is -2.17. The van der Waals surface area contributed by atoms with Crippen LogP contribution in [0, 0.1) is 5.92 Å². The fourth-order valence-corrected chi connectivity index (χ4v) is 3.21. The molecule has 0 aliphatic carbocycles. The SMILES string of the molecule is CCC(=O)C1CNC(=O)CSCSCC(=O)NC1. The Kier molecular flexibility index (Phi) is 7.19. The van der Waals surface area contributed by atoms with Crippen molar-refractivity contribution in [2.45, 2.75) is 13.3 Å². The first-order chi connectivity index (χ1) is 8.63. The highest BCUT2D eigenvalue weighted by Gasteiger charge is 2.19. The second kappa shape index (κ2) is 8.42. The van der Waals surface area contributed by atoms with E-state index in [-0.39, 0.29) is 23.5 Å². The second-order valence-electron chi connectivity index (χ2n) is 3.94. The minimum atomic E-state index is -0.322. The molecule has 0 spiro atoms. The van der Waals surface area contributed by atoms with Gasteiger partial charge in [0.1, 0.15) is 5.78 Å². The molecule has 1 heterocycles. The predicted molar refractivity (Wildman–Crippen MR) is 74.6 cm³/mol. The van der Waals surface area contributed by atoms with Crippen LogP contribution in [0.1, 0.15) is 13.3 Å². The zero-order chi connectivity index (χ0) is 13.4. The Hall–Kier alpha value is -0.690. The molecule has 0 aromatic rings. The van der Waals surface area contributed by atoms with E-state index in [0.717, 1.165) is 5.08 Å². The molecular formula is C11H18N2O3S2. The summed E-state index contributed by atoms with van der Waals surface area (Å²) in [4.78, 5) is 34.6. The number of thioether (sulfide) groups is 2. The molecule has 1 rings (SSSR count). The Bertz CT molecular complexity index is 301. The third-order valence-corrected chi connectivity index (χ3v) is 4.79. The maximum absolute atomic E-state index is 11.7. The van der Waals surface area contributed by atoms with Crippen LogP contribution in [-0.4, -0.2) is 47.3 Å². The number of hydrogen-bond donors (Lipinski definition) is 2. The first-order valence-corrected chi connectivity index (χ1v) is 8.16. The van der Waals surface area contributed by atoms with E-state index in [1.807, 2.05) is 0 Å². The smallest absolute Gasteiger partial charge is 0.230 e. The van der Waals surface area contributed by atoms with E-state index in [1.54, 1.807) is 6.92 Å². The Morgan fingerprint density at radius 1 is 1.17 bits per heavy atom. The van der Waals surface area contributed by atoms with Crippen LogP contribution in [0.3, 0.4) is 0 Å². The van der Waals surface area contributed by atoms with E-state index in [9.17, 15) is 14.4 Å². The molecule has 0 saturated carbocycles. The lowest BCUT2D eigenvalue weighted by Crippen LogP contribution is -2.41. The summed E-state index contributed by atoms with van der Waals surface area (Å²) in [6.07, 6.45) is 0.417. The lowest BCUT2D eigenvalue weighted by atomic mass is 10.0. The minimum absolute atomic E-state index is 0.0543. The van der Waals surface area contributed by atoms with E-state index in [0.29, 0.717) is 31.0 Å². The van der Waals surface area contributed by atoms with Crippen LogP contribution in [0.4, 0.5) is 0 Å². The van der Waals surface area contributed by atoms with Gasteiger partial charge in [0.05, 0.1) is 17.4 Å². The molecule has 0 atom stereocenters. The zero-order valence-electron chi connectivity index (χ0n) is 10.4. The van der Waals surface area contributed by atoms with Gasteiger partial charge in [0.25, 0.3) is 0 Å². The Morgan fingerprint density at radius 3 is 2.11 bits per heavy atom. The van der Waals surface area contributed by atoms with E-state index < -0.39 is 0 Å². The molecular weight excluding hydrogens is 272 g/mol. The predicted octanol–water partition coefficient (Wildman–Crippen LogP) is 0.252. The molecule has 0 aromatic heterocycles. The molecule has 0 unspecified atom stereocenters. The number of Topliss-reactive ketones (excluding diaryl/α,β-unsaturated/α-hetero) is 1. The van der Waals surface area contributed by atoms with Gasteiger partial charge in [-0.15, -0.1) is 23.5 Å². The number of carbonyl (C=O) groups is 3. The van der Waals surface area contributed by atoms with Gasteiger partial charge in [-0.3, -0.25) is 14.4 Å². The van der Waals surface area contributed by atoms with E-state index in [2.05, 4.69) is 10.6 Å². The number of amides is 2. The molecule has 5 nitrogen and oxygen atoms in total. The summed E-state index contributed by atoms with van der Waals surface area (Å²) >= 11 is 2.96. The van der Waals surface area contributed by atoms with Crippen molar-refractivity contribution in [2.75, 3.05) is 29.7 Å². The summed E-state index contributed by atoms with van der Waals surface area (Å²) in [7, 11) is 0. The van der Waals surface area contributed by atoms with E-state index in [4.69, 9.17) is 0 Å². The first kappa shape index (κ1) is 15.4. The minimum Gasteiger partial charge on any atom is -0.355 e. The number of carbonyl (C=O) groups excluding carboxylic acids is 3. The molecule has 0 radical (unpaired) electrons. The molecule has 2 amide bonds. The number of nitrogens with one attached hydrogen (secondary N) is 2. The molecule has 18 heavy (non-hydrogen) atoms. The van der Waals surface area contributed by atoms with E-state index in [1.165, 1.54) is 23.5 Å². The molecule has 1 saturated heterocycles. The topological polar surface area (TPSA) is 75.3 Å². The van der Waals surface area contributed by atoms with Gasteiger partial charge in [-0.05, 0) is 0 Å². The second-order valence-corrected chi connectivity index (χ2v) is 6.28. The fourth-order valence-electron chi connectivity index (χ4n) is 1.49. The van der Waals surface area contributed by atoms with Crippen LogP contribution in [0.2, 0.25) is 0 Å². The van der Waals surface area contributed by atoms with Crippen molar-refractivity contribution in [3.8, 4) is 0 Å². The third-order valence-electron chi connectivity index (χ3n) is 2.53.